The molecule has 0 saturated carbocycles. The fraction of sp³-hybridized carbons (Fsp3) is 0.250. The highest BCUT2D eigenvalue weighted by molar-refractivity contribution is 5.96. The molecule has 1 aliphatic heterocycles. The van der Waals surface area contributed by atoms with Crippen molar-refractivity contribution < 1.29 is 14.4 Å². The van der Waals surface area contributed by atoms with Crippen molar-refractivity contribution in [2.45, 2.75) is 18.9 Å². The number of carbonyl (C=O) groups excluding carboxylic acids is 2. The molecule has 2 amide bonds. The molecule has 0 spiro atoms. The van der Waals surface area contributed by atoms with Crippen LogP contribution in [0.25, 0.3) is 0 Å². The number of nitrogens with zero attached hydrogens (tertiary/aromatic N) is 3. The van der Waals surface area contributed by atoms with Gasteiger partial charge in [0.15, 0.2) is 5.75 Å². The number of hydrogen-bond acceptors (Lipinski definition) is 5. The Hall–Kier alpha value is -2.96. The van der Waals surface area contributed by atoms with Crippen molar-refractivity contribution in [3.05, 3.63) is 54.6 Å². The first-order valence-corrected chi connectivity index (χ1v) is 7.34. The lowest BCUT2D eigenvalue weighted by Crippen LogP contribution is -2.47. The van der Waals surface area contributed by atoms with E-state index in [4.69, 9.17) is 4.84 Å². The Balaban J connectivity index is 1.64. The molecule has 118 valence electrons. The van der Waals surface area contributed by atoms with Crippen LogP contribution in [0.5, 0.6) is 5.75 Å². The van der Waals surface area contributed by atoms with Crippen LogP contribution in [0.15, 0.2) is 48.9 Å². The topological polar surface area (TPSA) is 84.4 Å². The minimum Gasteiger partial charge on any atom is -0.379 e. The minimum atomic E-state index is -0.562. The van der Waals surface area contributed by atoms with Crippen LogP contribution in [-0.4, -0.2) is 39.3 Å². The minimum absolute atomic E-state index is 0.233. The zero-order valence-corrected chi connectivity index (χ0v) is 12.4. The second kappa shape index (κ2) is 6.87. The SMILES string of the molecule is O=C(NOc1ccccc1)C1CCCN1C(=O)c1cnccn1. The number of nitrogens with one attached hydrogen (secondary N) is 1. The summed E-state index contributed by atoms with van der Waals surface area (Å²) >= 11 is 0. The van der Waals surface area contributed by atoms with Crippen LogP contribution in [0.3, 0.4) is 0 Å². The third-order valence-corrected chi connectivity index (χ3v) is 3.61. The lowest BCUT2D eigenvalue weighted by atomic mass is 10.2. The monoisotopic (exact) mass is 312 g/mol. The van der Waals surface area contributed by atoms with Gasteiger partial charge in [-0.05, 0) is 25.0 Å². The predicted octanol–water partition coefficient (Wildman–Crippen LogP) is 1.19. The van der Waals surface area contributed by atoms with Crippen LogP contribution in [0.2, 0.25) is 0 Å². The molecule has 1 saturated heterocycles. The molecule has 2 aromatic rings. The second-order valence-corrected chi connectivity index (χ2v) is 5.13. The third-order valence-electron chi connectivity index (χ3n) is 3.61. The van der Waals surface area contributed by atoms with Crippen molar-refractivity contribution in [1.82, 2.24) is 20.3 Å². The average Bonchev–Trinajstić information content (AvgIpc) is 3.10. The molecule has 1 aromatic heterocycles. The molecule has 1 aliphatic rings. The first-order valence-electron chi connectivity index (χ1n) is 7.34. The molecule has 7 nitrogen and oxygen atoms in total. The number of aromatic nitrogens is 2. The molecule has 7 heteroatoms. The number of hydrogen-bond donors (Lipinski definition) is 1. The van der Waals surface area contributed by atoms with E-state index < -0.39 is 6.04 Å². The van der Waals surface area contributed by atoms with Gasteiger partial charge in [0.05, 0.1) is 6.20 Å². The van der Waals surface area contributed by atoms with E-state index in [9.17, 15) is 9.59 Å². The summed E-state index contributed by atoms with van der Waals surface area (Å²) in [6.45, 7) is 0.513. The third kappa shape index (κ3) is 3.45. The molecule has 1 aromatic carbocycles. The van der Waals surface area contributed by atoms with E-state index in [-0.39, 0.29) is 17.5 Å². The summed E-state index contributed by atoms with van der Waals surface area (Å²) in [6.07, 6.45) is 5.71. The van der Waals surface area contributed by atoms with Gasteiger partial charge in [0.2, 0.25) is 0 Å². The second-order valence-electron chi connectivity index (χ2n) is 5.13. The summed E-state index contributed by atoms with van der Waals surface area (Å²) in [4.78, 5) is 39.4. The van der Waals surface area contributed by atoms with Crippen LogP contribution < -0.4 is 10.3 Å². The van der Waals surface area contributed by atoms with E-state index in [1.807, 2.05) is 6.07 Å². The summed E-state index contributed by atoms with van der Waals surface area (Å²) in [5.74, 6) is -0.107. The van der Waals surface area contributed by atoms with E-state index in [1.54, 1.807) is 24.3 Å². The maximum atomic E-state index is 12.4. The molecule has 23 heavy (non-hydrogen) atoms. The first-order chi connectivity index (χ1) is 11.3. The van der Waals surface area contributed by atoms with Gasteiger partial charge in [-0.2, -0.15) is 5.48 Å². The Morgan fingerprint density at radius 2 is 2.04 bits per heavy atom. The van der Waals surface area contributed by atoms with Crippen molar-refractivity contribution in [2.24, 2.45) is 0 Å². The van der Waals surface area contributed by atoms with Gasteiger partial charge < -0.3 is 9.74 Å². The van der Waals surface area contributed by atoms with Gasteiger partial charge in [0.1, 0.15) is 11.7 Å². The number of amides is 2. The lowest BCUT2D eigenvalue weighted by molar-refractivity contribution is -0.131. The van der Waals surface area contributed by atoms with Crippen molar-refractivity contribution in [3.63, 3.8) is 0 Å². The lowest BCUT2D eigenvalue weighted by Gasteiger charge is -2.23. The number of likely N-dealkylation sites (tertiary alicyclic amines) is 1. The largest absolute Gasteiger partial charge is 0.379 e. The van der Waals surface area contributed by atoms with Crippen LogP contribution >= 0.6 is 0 Å². The van der Waals surface area contributed by atoms with Crippen molar-refractivity contribution in [2.75, 3.05) is 6.54 Å². The summed E-state index contributed by atoms with van der Waals surface area (Å²) in [6, 6.07) is 8.37. The van der Waals surface area contributed by atoms with Crippen molar-refractivity contribution in [1.29, 1.82) is 0 Å². The zero-order valence-electron chi connectivity index (χ0n) is 12.4. The molecule has 1 atom stereocenters. The molecule has 3 rings (SSSR count). The maximum absolute atomic E-state index is 12.4. The van der Waals surface area contributed by atoms with Crippen LogP contribution in [0, 0.1) is 0 Å². The number of rotatable bonds is 4. The number of hydroxylamine groups is 1. The van der Waals surface area contributed by atoms with Gasteiger partial charge in [-0.15, -0.1) is 0 Å². The smallest absolute Gasteiger partial charge is 0.275 e. The first kappa shape index (κ1) is 15.0. The number of para-hydroxylation sites is 1. The van der Waals surface area contributed by atoms with Crippen LogP contribution in [0.4, 0.5) is 0 Å². The summed E-state index contributed by atoms with van der Waals surface area (Å²) in [5.41, 5.74) is 2.64. The fourth-order valence-electron chi connectivity index (χ4n) is 2.50. The van der Waals surface area contributed by atoms with Gasteiger partial charge in [-0.1, -0.05) is 18.2 Å². The highest BCUT2D eigenvalue weighted by atomic mass is 16.7. The number of benzene rings is 1. The molecular formula is C16H16N4O3. The molecule has 1 unspecified atom stereocenters. The Morgan fingerprint density at radius 3 is 2.78 bits per heavy atom. The molecule has 2 heterocycles. The van der Waals surface area contributed by atoms with Gasteiger partial charge in [-0.25, -0.2) is 4.98 Å². The van der Waals surface area contributed by atoms with Gasteiger partial charge in [0.25, 0.3) is 11.8 Å². The summed E-state index contributed by atoms with van der Waals surface area (Å²) in [5, 5.41) is 0. The Kier molecular flexibility index (Phi) is 4.46. The van der Waals surface area contributed by atoms with E-state index in [1.165, 1.54) is 23.5 Å². The number of carbonyl (C=O) groups is 2. The van der Waals surface area contributed by atoms with E-state index in [0.29, 0.717) is 18.7 Å². The quantitative estimate of drug-likeness (QED) is 0.857. The predicted molar refractivity (Wildman–Crippen MR) is 81.3 cm³/mol. The Bertz CT molecular complexity index is 678. The Morgan fingerprint density at radius 1 is 1.22 bits per heavy atom. The molecule has 0 aliphatic carbocycles. The standard InChI is InChI=1S/C16H16N4O3/c21-15(19-23-12-5-2-1-3-6-12)14-7-4-10-20(14)16(22)13-11-17-8-9-18-13/h1-3,5-6,8-9,11,14H,4,7,10H2,(H,19,21). The highest BCUT2D eigenvalue weighted by Crippen LogP contribution is 2.19. The van der Waals surface area contributed by atoms with Crippen LogP contribution in [-0.2, 0) is 4.79 Å². The summed E-state index contributed by atoms with van der Waals surface area (Å²) < 4.78 is 0. The molecular weight excluding hydrogens is 296 g/mol. The van der Waals surface area contributed by atoms with E-state index in [0.717, 1.165) is 6.42 Å². The average molecular weight is 312 g/mol. The summed E-state index contributed by atoms with van der Waals surface area (Å²) in [7, 11) is 0. The highest BCUT2D eigenvalue weighted by Gasteiger charge is 2.35. The molecule has 1 fully saturated rings. The van der Waals surface area contributed by atoms with Gasteiger partial charge >= 0.3 is 0 Å². The fourth-order valence-corrected chi connectivity index (χ4v) is 2.50. The van der Waals surface area contributed by atoms with Gasteiger partial charge in [-0.3, -0.25) is 14.6 Å². The normalized spacial score (nSPS) is 16.9. The molecule has 1 N–H and O–H groups in total. The van der Waals surface area contributed by atoms with Crippen LogP contribution in [0.1, 0.15) is 23.3 Å². The van der Waals surface area contributed by atoms with E-state index >= 15 is 0 Å². The van der Waals surface area contributed by atoms with E-state index in [2.05, 4.69) is 15.4 Å². The molecule has 0 radical (unpaired) electrons. The maximum Gasteiger partial charge on any atom is 0.275 e. The zero-order chi connectivity index (χ0) is 16.1. The van der Waals surface area contributed by atoms with Gasteiger partial charge in [0, 0.05) is 18.9 Å². The van der Waals surface area contributed by atoms with Crippen molar-refractivity contribution >= 4 is 11.8 Å². The Labute approximate surface area is 133 Å². The molecule has 0 bridgehead atoms. The van der Waals surface area contributed by atoms with Crippen molar-refractivity contribution in [3.8, 4) is 5.75 Å².